The minimum Gasteiger partial charge on any atom is -0.493 e. The number of fused-ring (bicyclic) bond motifs is 3. The Morgan fingerprint density at radius 2 is 0.575 bits per heavy atom. The first-order valence-electron chi connectivity index (χ1n) is 35.0. The third-order valence-corrected chi connectivity index (χ3v) is 19.5. The van der Waals surface area contributed by atoms with Crippen LogP contribution < -0.4 is 72.9 Å². The lowest BCUT2D eigenvalue weighted by Crippen LogP contribution is -2.23. The number of carbonyl (C=O) groups is 1. The number of rotatable bonds is 25. The minimum atomic E-state index is -0.197. The van der Waals surface area contributed by atoms with Crippen LogP contribution in [0, 0.1) is 0 Å². The highest BCUT2D eigenvalue weighted by atomic mass is 32.1. The van der Waals surface area contributed by atoms with E-state index in [-0.39, 0.29) is 16.7 Å². The lowest BCUT2D eigenvalue weighted by molar-refractivity contribution is -0.115. The Labute approximate surface area is 661 Å². The molecule has 0 bridgehead atoms. The summed E-state index contributed by atoms with van der Waals surface area (Å²) in [6.07, 6.45) is 17.1. The lowest BCUT2D eigenvalue weighted by atomic mass is 10.2. The van der Waals surface area contributed by atoms with Gasteiger partial charge in [0.25, 0.3) is 16.7 Å². The van der Waals surface area contributed by atoms with E-state index >= 15 is 0 Å². The molecule has 0 radical (unpaired) electrons. The first kappa shape index (κ1) is 78.8. The molecule has 0 aliphatic rings. The summed E-state index contributed by atoms with van der Waals surface area (Å²) in [7, 11) is 12.9. The van der Waals surface area contributed by atoms with Crippen molar-refractivity contribution in [1.29, 1.82) is 0 Å². The maximum Gasteiger partial charge on any atom is 0.291 e. The molecule has 0 atom stereocenters. The lowest BCUT2D eigenvalue weighted by Gasteiger charge is -2.07. The number of methoxy groups -OCH3 is 6. The summed E-state index contributed by atoms with van der Waals surface area (Å²) in [6, 6.07) is 69.7. The van der Waals surface area contributed by atoms with Crippen LogP contribution in [-0.2, 0) is 24.6 Å². The number of ether oxygens (including phenoxy) is 9. The van der Waals surface area contributed by atoms with Gasteiger partial charge in [0.1, 0.15) is 37.1 Å². The molecule has 113 heavy (non-hydrogen) atoms. The van der Waals surface area contributed by atoms with Gasteiger partial charge >= 0.3 is 0 Å². The molecule has 26 heteroatoms. The number of aromatic nitrogens is 9. The zero-order valence-electron chi connectivity index (χ0n) is 62.7. The van der Waals surface area contributed by atoms with E-state index in [4.69, 9.17) is 42.6 Å². The van der Waals surface area contributed by atoms with Gasteiger partial charge in [-0.25, -0.2) is 0 Å². The van der Waals surface area contributed by atoms with Crippen LogP contribution in [0.4, 0.5) is 0 Å². The molecule has 1 amide bonds. The maximum absolute atomic E-state index is 12.9. The normalized spacial score (nSPS) is 11.7. The highest BCUT2D eigenvalue weighted by Crippen LogP contribution is 2.31. The molecule has 0 N–H and O–H groups in total. The summed E-state index contributed by atoms with van der Waals surface area (Å²) in [5, 5.41) is 13.1. The molecular weight excluding hydrogens is 1490 g/mol. The molecule has 0 unspecified atom stereocenters. The summed E-state index contributed by atoms with van der Waals surface area (Å²) in [5.41, 5.74) is 8.14. The SMILES string of the molecule is CN(C)C=O.COc1ccc(/C=C/c2nc3s/c(=C\c4ccc(OCc5ccccc5)cc4)c(=O)n3n2)cc1OC.COc1ccc(/C=C/c2nc3s/c(=C\c4ccc(OCc5ccccc5)cc4)c(=O)n3n2)cc1OC.COc1ccc(/C=C/c2nc3s/c(=C\c4ccc(OCc5ccccc5)cc4)c(=O)n3n2)cc1OC. The van der Waals surface area contributed by atoms with Crippen LogP contribution in [0.1, 0.15) is 67.5 Å². The molecule has 6 heterocycles. The number of benzene rings is 9. The van der Waals surface area contributed by atoms with Gasteiger partial charge in [0.15, 0.2) is 52.0 Å². The van der Waals surface area contributed by atoms with Crippen LogP contribution in [0.5, 0.6) is 51.7 Å². The number of hydrogen-bond acceptors (Lipinski definition) is 22. The largest absolute Gasteiger partial charge is 0.493 e. The first-order valence-corrected chi connectivity index (χ1v) is 37.5. The van der Waals surface area contributed by atoms with Crippen molar-refractivity contribution in [3.05, 3.63) is 331 Å². The Hall–Kier alpha value is -13.8. The van der Waals surface area contributed by atoms with E-state index in [1.54, 1.807) is 75.0 Å². The van der Waals surface area contributed by atoms with Crippen LogP contribution in [0.3, 0.4) is 0 Å². The van der Waals surface area contributed by atoms with Crippen LogP contribution >= 0.6 is 34.0 Å². The van der Waals surface area contributed by atoms with Gasteiger partial charge in [-0.1, -0.05) is 198 Å². The Morgan fingerprint density at radius 1 is 0.327 bits per heavy atom. The van der Waals surface area contributed by atoms with Crippen molar-refractivity contribution in [2.75, 3.05) is 56.8 Å². The topological polar surface area (TPSA) is 245 Å². The van der Waals surface area contributed by atoms with Crippen molar-refractivity contribution < 1.29 is 47.4 Å². The van der Waals surface area contributed by atoms with E-state index in [0.29, 0.717) is 100 Å². The Bertz CT molecular complexity index is 5580. The molecule has 0 saturated carbocycles. The molecule has 15 rings (SSSR count). The molecular formula is C87H76N10O13S3. The van der Waals surface area contributed by atoms with E-state index in [0.717, 1.165) is 73.7 Å². The van der Waals surface area contributed by atoms with Crippen molar-refractivity contribution >= 4 is 110 Å². The average Bonchev–Trinajstić information content (AvgIpc) is 1.65. The first-order chi connectivity index (χ1) is 55.1. The number of hydrogen-bond donors (Lipinski definition) is 0. The second-order valence-electron chi connectivity index (χ2n) is 24.7. The molecule has 23 nitrogen and oxygen atoms in total. The highest BCUT2D eigenvalue weighted by molar-refractivity contribution is 7.15. The Morgan fingerprint density at radius 3 is 0.805 bits per heavy atom. The van der Waals surface area contributed by atoms with Crippen molar-refractivity contribution in [3.8, 4) is 51.7 Å². The van der Waals surface area contributed by atoms with Crippen LogP contribution in [0.15, 0.2) is 233 Å². The van der Waals surface area contributed by atoms with Gasteiger partial charge in [-0.15, -0.1) is 15.3 Å². The average molecular weight is 1570 g/mol. The van der Waals surface area contributed by atoms with Crippen molar-refractivity contribution in [2.24, 2.45) is 0 Å². The summed E-state index contributed by atoms with van der Waals surface area (Å²) in [5.74, 6) is 7.56. The molecule has 15 aromatic rings. The molecule has 0 aliphatic carbocycles. The number of amides is 1. The molecule has 6 aromatic heterocycles. The van der Waals surface area contributed by atoms with Gasteiger partial charge < -0.3 is 47.5 Å². The van der Waals surface area contributed by atoms with Gasteiger partial charge in [0, 0.05) is 14.1 Å². The second kappa shape index (κ2) is 38.5. The fourth-order valence-electron chi connectivity index (χ4n) is 10.8. The van der Waals surface area contributed by atoms with Crippen molar-refractivity contribution in [1.82, 2.24) is 48.7 Å². The van der Waals surface area contributed by atoms with E-state index in [1.165, 1.54) is 52.5 Å². The quantitative estimate of drug-likeness (QED) is 0.0483. The van der Waals surface area contributed by atoms with E-state index < -0.39 is 0 Å². The van der Waals surface area contributed by atoms with E-state index in [1.807, 2.05) is 255 Å². The molecule has 570 valence electrons. The predicted molar refractivity (Wildman–Crippen MR) is 445 cm³/mol. The summed E-state index contributed by atoms with van der Waals surface area (Å²) >= 11 is 3.91. The molecule has 9 aromatic carbocycles. The smallest absolute Gasteiger partial charge is 0.291 e. The molecule has 0 spiro atoms. The monoisotopic (exact) mass is 1560 g/mol. The molecule has 0 fully saturated rings. The predicted octanol–water partition coefficient (Wildman–Crippen LogP) is 13.1. The van der Waals surface area contributed by atoms with Gasteiger partial charge in [0.2, 0.25) is 21.3 Å². The van der Waals surface area contributed by atoms with Gasteiger partial charge in [-0.3, -0.25) is 19.2 Å². The highest BCUT2D eigenvalue weighted by Gasteiger charge is 2.15. The van der Waals surface area contributed by atoms with Gasteiger partial charge in [-0.05, 0) is 159 Å². The standard InChI is InChI=1S/3C28H23N3O4S.C3H7NO/c3*1-33-23-14-10-19(16-24(23)34-2)11-15-26-29-28-31(30-26)27(32)25(36-28)17-20-8-12-22(13-9-20)35-18-21-6-4-3-5-7-21;1-4(2)3-5/h3*3-17H,18H2,1-2H3;3H,1-2H3/b3*15-11+,25-17-;. The zero-order valence-corrected chi connectivity index (χ0v) is 65.1. The van der Waals surface area contributed by atoms with Crippen molar-refractivity contribution in [3.63, 3.8) is 0 Å². The third-order valence-electron chi connectivity index (χ3n) is 16.6. The number of thiazole rings is 3. The minimum absolute atomic E-state index is 0.197. The fraction of sp³-hybridized carbons (Fsp3) is 0.126. The third kappa shape index (κ3) is 21.2. The summed E-state index contributed by atoms with van der Waals surface area (Å²) < 4.78 is 55.0. The Balaban J connectivity index is 0.000000152. The second-order valence-corrected chi connectivity index (χ2v) is 27.7. The Kier molecular flexibility index (Phi) is 26.8. The summed E-state index contributed by atoms with van der Waals surface area (Å²) in [6.45, 7) is 1.52. The fourth-order valence-corrected chi connectivity index (χ4v) is 13.5. The van der Waals surface area contributed by atoms with Gasteiger partial charge in [-0.2, -0.15) is 28.5 Å². The van der Waals surface area contributed by atoms with Gasteiger partial charge in [0.05, 0.1) is 56.3 Å². The van der Waals surface area contributed by atoms with Crippen LogP contribution in [0.2, 0.25) is 0 Å². The molecule has 0 aliphatic heterocycles. The maximum atomic E-state index is 12.9. The number of nitrogens with zero attached hydrogens (tertiary/aromatic N) is 10. The molecule has 0 saturated heterocycles. The van der Waals surface area contributed by atoms with Crippen LogP contribution in [0.25, 0.3) is 69.6 Å². The van der Waals surface area contributed by atoms with Crippen LogP contribution in [-0.4, -0.2) is 112 Å². The van der Waals surface area contributed by atoms with Crippen molar-refractivity contribution in [2.45, 2.75) is 19.8 Å². The number of carbonyl (C=O) groups excluding carboxylic acids is 1. The summed E-state index contributed by atoms with van der Waals surface area (Å²) in [4.78, 5) is 64.5. The van der Waals surface area contributed by atoms with E-state index in [2.05, 4.69) is 30.2 Å². The zero-order chi connectivity index (χ0) is 79.0. The van der Waals surface area contributed by atoms with E-state index in [9.17, 15) is 19.2 Å².